The van der Waals surface area contributed by atoms with Crippen molar-refractivity contribution in [2.24, 2.45) is 0 Å². The van der Waals surface area contributed by atoms with Gasteiger partial charge in [-0.2, -0.15) is 5.10 Å². The molecule has 3 aromatic rings. The van der Waals surface area contributed by atoms with E-state index < -0.39 is 0 Å². The minimum Gasteiger partial charge on any atom is -0.390 e. The van der Waals surface area contributed by atoms with Gasteiger partial charge in [0.25, 0.3) is 0 Å². The lowest BCUT2D eigenvalue weighted by Gasteiger charge is -2.03. The molecule has 0 aliphatic rings. The summed E-state index contributed by atoms with van der Waals surface area (Å²) in [6.07, 6.45) is 0. The van der Waals surface area contributed by atoms with Gasteiger partial charge in [-0.25, -0.2) is 9.50 Å². The fourth-order valence-corrected chi connectivity index (χ4v) is 3.41. The number of benzene rings is 1. The van der Waals surface area contributed by atoms with Crippen LogP contribution in [0, 0.1) is 0 Å². The number of fused-ring (bicyclic) bond motifs is 1. The Morgan fingerprint density at radius 1 is 1.35 bits per heavy atom. The summed E-state index contributed by atoms with van der Waals surface area (Å²) in [6.45, 7) is 4.04. The van der Waals surface area contributed by atoms with Crippen molar-refractivity contribution in [1.82, 2.24) is 14.6 Å². The molecule has 104 valence electrons. The first-order valence-corrected chi connectivity index (χ1v) is 7.55. The molecule has 0 radical (unpaired) electrons. The first-order valence-electron chi connectivity index (χ1n) is 6.36. The molecule has 20 heavy (non-hydrogen) atoms. The van der Waals surface area contributed by atoms with Gasteiger partial charge in [0.15, 0.2) is 0 Å². The van der Waals surface area contributed by atoms with E-state index in [1.807, 2.05) is 24.3 Å². The maximum absolute atomic E-state index is 9.57. The Balaban J connectivity index is 2.18. The average molecular weight is 308 g/mol. The maximum atomic E-state index is 9.57. The van der Waals surface area contributed by atoms with Gasteiger partial charge in [0.05, 0.1) is 23.0 Å². The van der Waals surface area contributed by atoms with Crippen LogP contribution in [-0.2, 0) is 6.61 Å². The van der Waals surface area contributed by atoms with Crippen molar-refractivity contribution in [3.63, 3.8) is 0 Å². The summed E-state index contributed by atoms with van der Waals surface area (Å²) in [4.78, 5) is 5.36. The Morgan fingerprint density at radius 3 is 2.75 bits per heavy atom. The van der Waals surface area contributed by atoms with Crippen LogP contribution in [0.3, 0.4) is 0 Å². The van der Waals surface area contributed by atoms with E-state index in [1.54, 1.807) is 4.52 Å². The SMILES string of the molecule is CC(C)c1nc2sc(-c3ccccc3Cl)nn2c1CO. The molecule has 0 aliphatic heterocycles. The first-order chi connectivity index (χ1) is 9.61. The van der Waals surface area contributed by atoms with E-state index in [2.05, 4.69) is 23.9 Å². The molecule has 0 saturated heterocycles. The van der Waals surface area contributed by atoms with Gasteiger partial charge in [-0.3, -0.25) is 0 Å². The number of rotatable bonds is 3. The van der Waals surface area contributed by atoms with Crippen LogP contribution in [0.15, 0.2) is 24.3 Å². The number of halogens is 1. The molecular weight excluding hydrogens is 294 g/mol. The van der Waals surface area contributed by atoms with E-state index in [1.165, 1.54) is 11.3 Å². The van der Waals surface area contributed by atoms with Crippen LogP contribution in [0.4, 0.5) is 0 Å². The molecule has 0 spiro atoms. The van der Waals surface area contributed by atoms with Crippen molar-refractivity contribution in [1.29, 1.82) is 0 Å². The van der Waals surface area contributed by atoms with Gasteiger partial charge in [-0.05, 0) is 12.0 Å². The highest BCUT2D eigenvalue weighted by molar-refractivity contribution is 7.19. The third-order valence-corrected chi connectivity index (χ3v) is 4.40. The Labute approximate surface area is 125 Å². The van der Waals surface area contributed by atoms with E-state index in [-0.39, 0.29) is 12.5 Å². The molecule has 0 unspecified atom stereocenters. The van der Waals surface area contributed by atoms with Gasteiger partial charge in [0, 0.05) is 5.56 Å². The predicted molar refractivity (Wildman–Crippen MR) is 81.3 cm³/mol. The van der Waals surface area contributed by atoms with Crippen LogP contribution in [0.25, 0.3) is 15.5 Å². The second kappa shape index (κ2) is 5.16. The second-order valence-electron chi connectivity index (χ2n) is 4.84. The molecule has 2 heterocycles. The van der Waals surface area contributed by atoms with E-state index >= 15 is 0 Å². The van der Waals surface area contributed by atoms with Crippen LogP contribution >= 0.6 is 22.9 Å². The molecule has 1 aromatic carbocycles. The monoisotopic (exact) mass is 307 g/mol. The molecular formula is C14H14ClN3OS. The molecule has 0 saturated carbocycles. The van der Waals surface area contributed by atoms with Gasteiger partial charge in [-0.1, -0.05) is 55.0 Å². The van der Waals surface area contributed by atoms with Gasteiger partial charge in [0.1, 0.15) is 5.01 Å². The van der Waals surface area contributed by atoms with Gasteiger partial charge >= 0.3 is 0 Å². The molecule has 3 rings (SSSR count). The summed E-state index contributed by atoms with van der Waals surface area (Å²) < 4.78 is 1.72. The summed E-state index contributed by atoms with van der Waals surface area (Å²) in [6, 6.07) is 7.59. The molecule has 0 atom stereocenters. The van der Waals surface area contributed by atoms with Crippen molar-refractivity contribution in [2.45, 2.75) is 26.4 Å². The minimum absolute atomic E-state index is 0.0691. The van der Waals surface area contributed by atoms with Crippen LogP contribution in [0.2, 0.25) is 5.02 Å². The molecule has 0 fully saturated rings. The third-order valence-electron chi connectivity index (χ3n) is 3.13. The number of aromatic nitrogens is 3. The molecule has 4 nitrogen and oxygen atoms in total. The minimum atomic E-state index is -0.0691. The topological polar surface area (TPSA) is 50.4 Å². The smallest absolute Gasteiger partial charge is 0.213 e. The summed E-state index contributed by atoms with van der Waals surface area (Å²) in [5, 5.41) is 15.6. The van der Waals surface area contributed by atoms with Crippen molar-refractivity contribution in [3.8, 4) is 10.6 Å². The van der Waals surface area contributed by atoms with Crippen molar-refractivity contribution in [3.05, 3.63) is 40.7 Å². The number of imidazole rings is 1. The number of aliphatic hydroxyl groups is 1. The maximum Gasteiger partial charge on any atom is 0.213 e. The Morgan fingerprint density at radius 2 is 2.10 bits per heavy atom. The summed E-state index contributed by atoms with van der Waals surface area (Å²) in [5.74, 6) is 0.259. The lowest BCUT2D eigenvalue weighted by atomic mass is 10.1. The van der Waals surface area contributed by atoms with Crippen LogP contribution in [-0.4, -0.2) is 19.7 Å². The van der Waals surface area contributed by atoms with E-state index in [4.69, 9.17) is 11.6 Å². The van der Waals surface area contributed by atoms with E-state index in [9.17, 15) is 5.11 Å². The first kappa shape index (κ1) is 13.5. The fraction of sp³-hybridized carbons (Fsp3) is 0.286. The van der Waals surface area contributed by atoms with Crippen molar-refractivity contribution < 1.29 is 5.11 Å². The zero-order valence-electron chi connectivity index (χ0n) is 11.2. The Bertz CT molecular complexity index is 763. The normalized spacial score (nSPS) is 11.7. The number of aliphatic hydroxyl groups excluding tert-OH is 1. The predicted octanol–water partition coefficient (Wildman–Crippen LogP) is 3.73. The Kier molecular flexibility index (Phi) is 3.50. The zero-order valence-corrected chi connectivity index (χ0v) is 12.7. The molecule has 0 aliphatic carbocycles. The van der Waals surface area contributed by atoms with Crippen LogP contribution < -0.4 is 0 Å². The van der Waals surface area contributed by atoms with Gasteiger partial charge < -0.3 is 5.11 Å². The largest absolute Gasteiger partial charge is 0.390 e. The van der Waals surface area contributed by atoms with Crippen molar-refractivity contribution >= 4 is 27.9 Å². The lowest BCUT2D eigenvalue weighted by Crippen LogP contribution is -1.99. The number of nitrogens with zero attached hydrogens (tertiary/aromatic N) is 3. The standard InChI is InChI=1S/C14H14ClN3OS/c1-8(2)12-11(7-19)18-14(16-12)20-13(17-18)9-5-3-4-6-10(9)15/h3-6,8,19H,7H2,1-2H3. The Hall–Kier alpha value is -1.43. The molecule has 6 heteroatoms. The van der Waals surface area contributed by atoms with E-state index in [0.29, 0.717) is 5.02 Å². The molecule has 1 N–H and O–H groups in total. The molecule has 2 aromatic heterocycles. The number of hydrogen-bond acceptors (Lipinski definition) is 4. The molecule has 0 bridgehead atoms. The second-order valence-corrected chi connectivity index (χ2v) is 6.20. The van der Waals surface area contributed by atoms with Crippen molar-refractivity contribution in [2.75, 3.05) is 0 Å². The summed E-state index contributed by atoms with van der Waals surface area (Å²) in [5.41, 5.74) is 2.54. The van der Waals surface area contributed by atoms with Gasteiger partial charge in [0.2, 0.25) is 4.96 Å². The molecule has 0 amide bonds. The highest BCUT2D eigenvalue weighted by atomic mass is 35.5. The van der Waals surface area contributed by atoms with E-state index in [0.717, 1.165) is 26.9 Å². The summed E-state index contributed by atoms with van der Waals surface area (Å²) >= 11 is 7.67. The highest BCUT2D eigenvalue weighted by Crippen LogP contribution is 2.33. The summed E-state index contributed by atoms with van der Waals surface area (Å²) in [7, 11) is 0. The fourth-order valence-electron chi connectivity index (χ4n) is 2.16. The highest BCUT2D eigenvalue weighted by Gasteiger charge is 2.19. The lowest BCUT2D eigenvalue weighted by molar-refractivity contribution is 0.272. The third kappa shape index (κ3) is 2.12. The quantitative estimate of drug-likeness (QED) is 0.802. The van der Waals surface area contributed by atoms with Gasteiger partial charge in [-0.15, -0.1) is 0 Å². The number of hydrogen-bond donors (Lipinski definition) is 1. The average Bonchev–Trinajstić information content (AvgIpc) is 2.95. The zero-order chi connectivity index (χ0) is 14.3. The van der Waals surface area contributed by atoms with Crippen LogP contribution in [0.5, 0.6) is 0 Å². The van der Waals surface area contributed by atoms with Crippen LogP contribution in [0.1, 0.15) is 31.2 Å².